The summed E-state index contributed by atoms with van der Waals surface area (Å²) < 4.78 is 79.2. The van der Waals surface area contributed by atoms with Crippen molar-refractivity contribution in [1.82, 2.24) is 0 Å². The van der Waals surface area contributed by atoms with Crippen molar-refractivity contribution in [1.29, 1.82) is 0 Å². The first kappa shape index (κ1) is 27.8. The van der Waals surface area contributed by atoms with Crippen molar-refractivity contribution in [3.63, 3.8) is 0 Å². The van der Waals surface area contributed by atoms with Gasteiger partial charge in [0.1, 0.15) is 11.9 Å². The highest BCUT2D eigenvalue weighted by atomic mass is 19.2. The van der Waals surface area contributed by atoms with Gasteiger partial charge < -0.3 is 9.84 Å². The fraction of sp³-hybridized carbons (Fsp3) is 0.438. The lowest BCUT2D eigenvalue weighted by molar-refractivity contribution is 0.157. The first-order valence-electron chi connectivity index (χ1n) is 13.8. The Morgan fingerprint density at radius 2 is 1.38 bits per heavy atom. The van der Waals surface area contributed by atoms with Crippen LogP contribution in [0.1, 0.15) is 105 Å². The second kappa shape index (κ2) is 11.8. The highest BCUT2D eigenvalue weighted by Crippen LogP contribution is 2.43. The third-order valence-electron chi connectivity index (χ3n) is 8.29. The Morgan fingerprint density at radius 1 is 0.769 bits per heavy atom. The Balaban J connectivity index is 1.26. The van der Waals surface area contributed by atoms with Gasteiger partial charge in [0, 0.05) is 16.7 Å². The van der Waals surface area contributed by atoms with Crippen LogP contribution in [0.2, 0.25) is 0 Å². The van der Waals surface area contributed by atoms with Crippen molar-refractivity contribution in [3.05, 3.63) is 93.8 Å². The number of hydrogen-bond acceptors (Lipinski definition) is 2. The van der Waals surface area contributed by atoms with Crippen molar-refractivity contribution in [2.24, 2.45) is 0 Å². The standard InChI is InChI=1S/C32H33F5O2/c1-2-3-4-5-27(38)24-14-12-22(29(34)31(24)36)19-8-6-18(7-9-19)21-11-10-20(16-26(21)33)23-13-15-25(28-17-39-28)32(37)30(23)35/h10-16,18-19,27-28,38H,2-9,17H2,1H3. The zero-order chi connectivity index (χ0) is 27.7. The Bertz CT molecular complexity index is 1330. The molecule has 3 aromatic rings. The molecule has 7 heteroatoms. The largest absolute Gasteiger partial charge is 0.388 e. The maximum atomic E-state index is 15.2. The van der Waals surface area contributed by atoms with Crippen LogP contribution < -0.4 is 0 Å². The molecule has 0 spiro atoms. The number of hydrogen-bond donors (Lipinski definition) is 1. The van der Waals surface area contributed by atoms with Gasteiger partial charge in [-0.3, -0.25) is 0 Å². The molecule has 39 heavy (non-hydrogen) atoms. The number of benzene rings is 3. The van der Waals surface area contributed by atoms with Crippen LogP contribution in [-0.2, 0) is 4.74 Å². The van der Waals surface area contributed by atoms with Crippen molar-refractivity contribution < 1.29 is 31.8 Å². The zero-order valence-electron chi connectivity index (χ0n) is 22.0. The van der Waals surface area contributed by atoms with E-state index in [1.54, 1.807) is 18.2 Å². The monoisotopic (exact) mass is 544 g/mol. The molecule has 2 unspecified atom stereocenters. The zero-order valence-corrected chi connectivity index (χ0v) is 22.0. The number of ether oxygens (including phenoxy) is 1. The Hall–Kier alpha value is -2.77. The fourth-order valence-corrected chi connectivity index (χ4v) is 5.90. The SMILES string of the molecule is CCCCCC(O)c1ccc(C2CCC(c3ccc(-c4ccc(C5CO5)c(F)c4F)cc3F)CC2)c(F)c1F. The topological polar surface area (TPSA) is 32.8 Å². The lowest BCUT2D eigenvalue weighted by atomic mass is 9.75. The smallest absolute Gasteiger partial charge is 0.167 e. The average Bonchev–Trinajstić information content (AvgIpc) is 3.77. The number of rotatable bonds is 9. The average molecular weight is 545 g/mol. The molecular weight excluding hydrogens is 511 g/mol. The first-order chi connectivity index (χ1) is 18.8. The summed E-state index contributed by atoms with van der Waals surface area (Å²) in [6, 6.07) is 10.4. The lowest BCUT2D eigenvalue weighted by Gasteiger charge is -2.30. The van der Waals surface area contributed by atoms with Crippen LogP contribution >= 0.6 is 0 Å². The van der Waals surface area contributed by atoms with Gasteiger partial charge in [-0.25, -0.2) is 22.0 Å². The van der Waals surface area contributed by atoms with Crippen LogP contribution in [0.3, 0.4) is 0 Å². The van der Waals surface area contributed by atoms with Crippen LogP contribution in [-0.4, -0.2) is 11.7 Å². The van der Waals surface area contributed by atoms with Gasteiger partial charge in [-0.1, -0.05) is 62.6 Å². The summed E-state index contributed by atoms with van der Waals surface area (Å²) in [5, 5.41) is 10.3. The highest BCUT2D eigenvalue weighted by molar-refractivity contribution is 5.65. The van der Waals surface area contributed by atoms with Gasteiger partial charge in [-0.15, -0.1) is 0 Å². The molecule has 1 saturated carbocycles. The highest BCUT2D eigenvalue weighted by Gasteiger charge is 2.31. The van der Waals surface area contributed by atoms with E-state index in [4.69, 9.17) is 4.74 Å². The number of epoxide rings is 1. The molecule has 1 heterocycles. The summed E-state index contributed by atoms with van der Waals surface area (Å²) >= 11 is 0. The van der Waals surface area contributed by atoms with Gasteiger partial charge in [-0.05, 0) is 66.7 Å². The third kappa shape index (κ3) is 5.75. The second-order valence-corrected chi connectivity index (χ2v) is 10.8. The van der Waals surface area contributed by atoms with E-state index in [0.29, 0.717) is 49.8 Å². The van der Waals surface area contributed by atoms with Crippen molar-refractivity contribution >= 4 is 0 Å². The van der Waals surface area contributed by atoms with E-state index in [9.17, 15) is 18.3 Å². The first-order valence-corrected chi connectivity index (χ1v) is 13.8. The van der Waals surface area contributed by atoms with Crippen LogP contribution in [0.5, 0.6) is 0 Å². The van der Waals surface area contributed by atoms with Crippen molar-refractivity contribution in [2.75, 3.05) is 6.61 Å². The predicted octanol–water partition coefficient (Wildman–Crippen LogP) is 9.18. The van der Waals surface area contributed by atoms with Crippen molar-refractivity contribution in [2.45, 2.75) is 82.3 Å². The molecule has 0 amide bonds. The number of halogens is 5. The van der Waals surface area contributed by atoms with Gasteiger partial charge in [-0.2, -0.15) is 0 Å². The quantitative estimate of drug-likeness (QED) is 0.166. The van der Waals surface area contributed by atoms with Crippen LogP contribution in [0.4, 0.5) is 22.0 Å². The van der Waals surface area contributed by atoms with E-state index in [0.717, 1.165) is 19.3 Å². The maximum Gasteiger partial charge on any atom is 0.167 e. The predicted molar refractivity (Wildman–Crippen MR) is 140 cm³/mol. The van der Waals surface area contributed by atoms with Crippen molar-refractivity contribution in [3.8, 4) is 11.1 Å². The maximum absolute atomic E-state index is 15.2. The summed E-state index contributed by atoms with van der Waals surface area (Å²) in [6.45, 7) is 2.39. The summed E-state index contributed by atoms with van der Waals surface area (Å²) in [7, 11) is 0. The molecule has 2 atom stereocenters. The summed E-state index contributed by atoms with van der Waals surface area (Å²) in [4.78, 5) is 0. The molecule has 0 radical (unpaired) electrons. The van der Waals surface area contributed by atoms with Crippen LogP contribution in [0, 0.1) is 29.1 Å². The molecule has 1 aliphatic heterocycles. The van der Waals surface area contributed by atoms with Gasteiger partial charge >= 0.3 is 0 Å². The minimum absolute atomic E-state index is 0.00460. The molecule has 1 saturated heterocycles. The Morgan fingerprint density at radius 3 is 2.03 bits per heavy atom. The van der Waals surface area contributed by atoms with E-state index < -0.39 is 41.3 Å². The minimum Gasteiger partial charge on any atom is -0.388 e. The summed E-state index contributed by atoms with van der Waals surface area (Å²) in [5.41, 5.74) is 1.18. The molecule has 2 aliphatic rings. The number of aliphatic hydroxyl groups excluding tert-OH is 1. The van der Waals surface area contributed by atoms with E-state index in [-0.39, 0.29) is 34.1 Å². The van der Waals surface area contributed by atoms with E-state index in [2.05, 4.69) is 0 Å². The molecule has 2 nitrogen and oxygen atoms in total. The number of aliphatic hydroxyl groups is 1. The summed E-state index contributed by atoms with van der Waals surface area (Å²) in [6.07, 6.45) is 3.87. The normalized spacial score (nSPS) is 21.7. The number of unbranched alkanes of at least 4 members (excludes halogenated alkanes) is 2. The Kier molecular flexibility index (Phi) is 8.38. The van der Waals surface area contributed by atoms with Crippen LogP contribution in [0.25, 0.3) is 11.1 Å². The third-order valence-corrected chi connectivity index (χ3v) is 8.29. The Labute approximate surface area is 225 Å². The molecule has 208 valence electrons. The molecule has 3 aromatic carbocycles. The molecule has 0 bridgehead atoms. The lowest BCUT2D eigenvalue weighted by Crippen LogP contribution is -2.15. The minimum atomic E-state index is -1.03. The van der Waals surface area contributed by atoms with Crippen LogP contribution in [0.15, 0.2) is 42.5 Å². The molecular formula is C32H33F5O2. The molecule has 0 aromatic heterocycles. The van der Waals surface area contributed by atoms with Gasteiger partial charge in [0.05, 0.1) is 12.7 Å². The van der Waals surface area contributed by atoms with Gasteiger partial charge in [0.15, 0.2) is 23.3 Å². The van der Waals surface area contributed by atoms with E-state index in [1.165, 1.54) is 24.3 Å². The molecule has 2 fully saturated rings. The molecule has 1 N–H and O–H groups in total. The summed E-state index contributed by atoms with van der Waals surface area (Å²) in [5.74, 6) is -4.70. The molecule has 5 rings (SSSR count). The van der Waals surface area contributed by atoms with Gasteiger partial charge in [0.25, 0.3) is 0 Å². The fourth-order valence-electron chi connectivity index (χ4n) is 5.90. The second-order valence-electron chi connectivity index (χ2n) is 10.8. The molecule has 1 aliphatic carbocycles. The van der Waals surface area contributed by atoms with E-state index in [1.807, 2.05) is 6.92 Å². The van der Waals surface area contributed by atoms with E-state index >= 15 is 8.78 Å². The van der Waals surface area contributed by atoms with Gasteiger partial charge in [0.2, 0.25) is 0 Å².